The van der Waals surface area contributed by atoms with Crippen LogP contribution in [-0.4, -0.2) is 107 Å². The standard InChI is InChI=1S/C28H39N3O8S/c1-37-25-5-3-2-4-20(25)16-30-17-22(32)15-29-40(35,36)27-7-6-21(31-8-10-38-11-9-31)12-26(27)39-19-28(18-30)13-23(33)24(34)14-28/h2-7,12,22-24,29,32-34H,8-11,13-19H2,1H3/t22-,23-,24+,28?/m0/s1. The van der Waals surface area contributed by atoms with Crippen molar-refractivity contribution >= 4 is 15.7 Å². The third-order valence-electron chi connectivity index (χ3n) is 7.98. The van der Waals surface area contributed by atoms with E-state index in [0.29, 0.717) is 45.1 Å². The third-order valence-corrected chi connectivity index (χ3v) is 9.44. The van der Waals surface area contributed by atoms with Crippen LogP contribution in [0.2, 0.25) is 0 Å². The van der Waals surface area contributed by atoms with Gasteiger partial charge in [-0.25, -0.2) is 13.1 Å². The molecule has 0 aromatic heterocycles. The smallest absolute Gasteiger partial charge is 0.244 e. The second kappa shape index (κ2) is 12.2. The molecule has 0 amide bonds. The highest BCUT2D eigenvalue weighted by Gasteiger charge is 2.46. The lowest BCUT2D eigenvalue weighted by Gasteiger charge is -2.37. The van der Waals surface area contributed by atoms with Crippen molar-refractivity contribution in [3.8, 4) is 11.5 Å². The number of benzene rings is 2. The van der Waals surface area contributed by atoms with Crippen molar-refractivity contribution in [2.24, 2.45) is 5.41 Å². The second-order valence-corrected chi connectivity index (χ2v) is 12.8. The van der Waals surface area contributed by atoms with Gasteiger partial charge in [-0.05, 0) is 31.0 Å². The quantitative estimate of drug-likeness (QED) is 0.408. The van der Waals surface area contributed by atoms with Crippen molar-refractivity contribution in [1.82, 2.24) is 9.62 Å². The van der Waals surface area contributed by atoms with Crippen LogP contribution in [0.5, 0.6) is 11.5 Å². The number of rotatable bonds is 4. The van der Waals surface area contributed by atoms with E-state index in [-0.39, 0.29) is 43.2 Å². The first-order valence-electron chi connectivity index (χ1n) is 13.7. The summed E-state index contributed by atoms with van der Waals surface area (Å²) in [5.41, 5.74) is 1.03. The molecule has 2 heterocycles. The first-order chi connectivity index (χ1) is 19.2. The van der Waals surface area contributed by atoms with E-state index in [2.05, 4.69) is 9.62 Å². The average Bonchev–Trinajstić information content (AvgIpc) is 3.23. The molecule has 0 radical (unpaired) electrons. The normalized spacial score (nSPS) is 29.7. The van der Waals surface area contributed by atoms with Crippen molar-refractivity contribution in [3.05, 3.63) is 48.0 Å². The van der Waals surface area contributed by atoms with Gasteiger partial charge in [0.15, 0.2) is 0 Å². The van der Waals surface area contributed by atoms with Crippen molar-refractivity contribution < 1.29 is 37.9 Å². The second-order valence-electron chi connectivity index (χ2n) is 11.0. The lowest BCUT2D eigenvalue weighted by atomic mass is 9.85. The van der Waals surface area contributed by atoms with Gasteiger partial charge in [0.25, 0.3) is 0 Å². The Morgan fingerprint density at radius 3 is 2.52 bits per heavy atom. The Morgan fingerprint density at radius 2 is 1.80 bits per heavy atom. The largest absolute Gasteiger partial charge is 0.496 e. The van der Waals surface area contributed by atoms with Crippen LogP contribution in [0.25, 0.3) is 0 Å². The fourth-order valence-electron chi connectivity index (χ4n) is 6.00. The van der Waals surface area contributed by atoms with Crippen molar-refractivity contribution in [2.45, 2.75) is 42.6 Å². The van der Waals surface area contributed by atoms with Crippen molar-refractivity contribution in [2.75, 3.05) is 64.6 Å². The number of hydrogen-bond donors (Lipinski definition) is 4. The Kier molecular flexibility index (Phi) is 8.86. The molecule has 220 valence electrons. The SMILES string of the molecule is COc1ccccc1CN1C[C@@H](O)CNS(=O)(=O)c2ccc(N3CCOCC3)cc2OCC2(C[C@@H](O)[C@@H](O)C2)C1. The molecule has 4 N–H and O–H groups in total. The summed E-state index contributed by atoms with van der Waals surface area (Å²) < 4.78 is 46.6. The molecule has 2 aromatic rings. The van der Waals surface area contributed by atoms with E-state index < -0.39 is 33.8 Å². The number of sulfonamides is 1. The van der Waals surface area contributed by atoms with Crippen LogP contribution in [0.3, 0.4) is 0 Å². The van der Waals surface area contributed by atoms with Gasteiger partial charge >= 0.3 is 0 Å². The van der Waals surface area contributed by atoms with Crippen molar-refractivity contribution in [3.63, 3.8) is 0 Å². The van der Waals surface area contributed by atoms with Gasteiger partial charge < -0.3 is 34.4 Å². The fraction of sp³-hybridized carbons (Fsp3) is 0.571. The summed E-state index contributed by atoms with van der Waals surface area (Å²) in [5.74, 6) is 0.892. The molecule has 5 rings (SSSR count). The summed E-state index contributed by atoms with van der Waals surface area (Å²) in [6.07, 6.45) is -2.32. The lowest BCUT2D eigenvalue weighted by Crippen LogP contribution is -2.46. The lowest BCUT2D eigenvalue weighted by molar-refractivity contribution is 0.0424. The van der Waals surface area contributed by atoms with Crippen molar-refractivity contribution in [1.29, 1.82) is 0 Å². The summed E-state index contributed by atoms with van der Waals surface area (Å²) in [5, 5.41) is 32.1. The Morgan fingerprint density at radius 1 is 1.07 bits per heavy atom. The van der Waals surface area contributed by atoms with Gasteiger partial charge in [0.2, 0.25) is 10.0 Å². The molecule has 2 fully saturated rings. The third kappa shape index (κ3) is 6.54. The average molecular weight is 578 g/mol. The van der Waals surface area contributed by atoms with Gasteiger partial charge in [0.1, 0.15) is 16.4 Å². The molecule has 2 aromatic carbocycles. The molecule has 40 heavy (non-hydrogen) atoms. The minimum Gasteiger partial charge on any atom is -0.496 e. The zero-order chi connectivity index (χ0) is 28.3. The summed E-state index contributed by atoms with van der Waals surface area (Å²) in [6.45, 7) is 3.39. The summed E-state index contributed by atoms with van der Waals surface area (Å²) >= 11 is 0. The minimum atomic E-state index is -4.01. The predicted molar refractivity (Wildman–Crippen MR) is 148 cm³/mol. The molecular formula is C28H39N3O8S. The van der Waals surface area contributed by atoms with E-state index in [0.717, 1.165) is 11.3 Å². The van der Waals surface area contributed by atoms with E-state index in [1.165, 1.54) is 6.07 Å². The molecule has 11 nitrogen and oxygen atoms in total. The number of aliphatic hydroxyl groups excluding tert-OH is 3. The molecule has 4 atom stereocenters. The van der Waals surface area contributed by atoms with Gasteiger partial charge in [-0.1, -0.05) is 18.2 Å². The first-order valence-corrected chi connectivity index (χ1v) is 15.1. The first kappa shape index (κ1) is 29.1. The molecule has 1 spiro atoms. The number of para-hydroxylation sites is 1. The molecule has 2 aliphatic heterocycles. The van der Waals surface area contributed by atoms with Crippen LogP contribution in [0.15, 0.2) is 47.4 Å². The van der Waals surface area contributed by atoms with Crippen LogP contribution >= 0.6 is 0 Å². The molecule has 1 saturated heterocycles. The Hall–Kier alpha value is -2.45. The molecule has 0 bridgehead atoms. The summed E-state index contributed by atoms with van der Waals surface area (Å²) in [4.78, 5) is 4.11. The van der Waals surface area contributed by atoms with Crippen LogP contribution in [-0.2, 0) is 21.3 Å². The predicted octanol–water partition coefficient (Wildman–Crippen LogP) is 0.568. The topological polar surface area (TPSA) is 141 Å². The van der Waals surface area contributed by atoms with Crippen LogP contribution in [0, 0.1) is 5.41 Å². The molecule has 12 heteroatoms. The van der Waals surface area contributed by atoms with Gasteiger partial charge in [0.05, 0.1) is 45.2 Å². The van der Waals surface area contributed by atoms with Gasteiger partial charge in [-0.3, -0.25) is 4.90 Å². The monoisotopic (exact) mass is 577 g/mol. The Balaban J connectivity index is 1.50. The van der Waals surface area contributed by atoms with E-state index in [9.17, 15) is 23.7 Å². The number of morpholine rings is 1. The number of β-amino-alcohol motifs (C(OH)–C–C–N with tert-alkyl or cyclic N) is 1. The van der Waals surface area contributed by atoms with E-state index >= 15 is 0 Å². The number of aliphatic hydroxyl groups is 3. The van der Waals surface area contributed by atoms with E-state index in [1.54, 1.807) is 19.2 Å². The number of methoxy groups -OCH3 is 1. The van der Waals surface area contributed by atoms with Gasteiger partial charge in [-0.2, -0.15) is 0 Å². The maximum Gasteiger partial charge on any atom is 0.244 e. The Bertz CT molecular complexity index is 1260. The number of nitrogens with one attached hydrogen (secondary N) is 1. The zero-order valence-electron chi connectivity index (χ0n) is 22.7. The number of hydrogen-bond acceptors (Lipinski definition) is 10. The van der Waals surface area contributed by atoms with Gasteiger partial charge in [-0.15, -0.1) is 0 Å². The van der Waals surface area contributed by atoms with E-state index in [4.69, 9.17) is 14.2 Å². The summed E-state index contributed by atoms with van der Waals surface area (Å²) in [7, 11) is -2.41. The number of ether oxygens (including phenoxy) is 3. The molecule has 1 aliphatic carbocycles. The zero-order valence-corrected chi connectivity index (χ0v) is 23.6. The maximum atomic E-state index is 13.4. The molecule has 3 aliphatic rings. The van der Waals surface area contributed by atoms with E-state index in [1.807, 2.05) is 29.2 Å². The molecular weight excluding hydrogens is 538 g/mol. The fourth-order valence-corrected chi connectivity index (χ4v) is 7.19. The number of nitrogens with zero attached hydrogens (tertiary/aromatic N) is 2. The Labute approximate surface area is 235 Å². The van der Waals surface area contributed by atoms with Crippen LogP contribution in [0.1, 0.15) is 18.4 Å². The van der Waals surface area contributed by atoms with Crippen LogP contribution < -0.4 is 19.1 Å². The highest BCUT2D eigenvalue weighted by atomic mass is 32.2. The molecule has 1 saturated carbocycles. The highest BCUT2D eigenvalue weighted by molar-refractivity contribution is 7.89. The summed E-state index contributed by atoms with van der Waals surface area (Å²) in [6, 6.07) is 12.6. The highest BCUT2D eigenvalue weighted by Crippen LogP contribution is 2.42. The number of anilines is 1. The minimum absolute atomic E-state index is 0.0163. The van der Waals surface area contributed by atoms with Gasteiger partial charge in [0, 0.05) is 62.0 Å². The maximum absolute atomic E-state index is 13.4. The number of fused-ring (bicyclic) bond motifs is 1. The van der Waals surface area contributed by atoms with Crippen LogP contribution in [0.4, 0.5) is 5.69 Å². The molecule has 1 unspecified atom stereocenters.